The maximum Gasteiger partial charge on any atom is 0.251 e. The van der Waals surface area contributed by atoms with Crippen molar-refractivity contribution in [3.05, 3.63) is 83.7 Å². The number of carbonyl (C=O) groups excluding carboxylic acids is 3. The average molecular weight is 388 g/mol. The molecule has 3 amide bonds. The summed E-state index contributed by atoms with van der Waals surface area (Å²) in [5.41, 5.74) is 3.06. The van der Waals surface area contributed by atoms with Crippen molar-refractivity contribution < 1.29 is 14.4 Å². The largest absolute Gasteiger partial charge is 0.348 e. The minimum Gasteiger partial charge on any atom is -0.348 e. The highest BCUT2D eigenvalue weighted by Gasteiger charge is 2.30. The number of nitrogens with zero attached hydrogens (tertiary/aromatic N) is 3. The van der Waals surface area contributed by atoms with Gasteiger partial charge >= 0.3 is 0 Å². The van der Waals surface area contributed by atoms with Gasteiger partial charge in [0, 0.05) is 37.3 Å². The number of benzene rings is 2. The number of hydrogen-bond acceptors (Lipinski definition) is 4. The fourth-order valence-electron chi connectivity index (χ4n) is 3.36. The molecule has 1 aliphatic rings. The van der Waals surface area contributed by atoms with Crippen LogP contribution in [0.4, 0.5) is 5.69 Å². The Morgan fingerprint density at radius 3 is 2.28 bits per heavy atom. The predicted octanol–water partition coefficient (Wildman–Crippen LogP) is 2.51. The molecule has 0 radical (unpaired) electrons. The summed E-state index contributed by atoms with van der Waals surface area (Å²) in [6.07, 6.45) is 4.10. The SMILES string of the molecule is O=C(NCc1ccccc1Cn1cccn1)c1ccc(N2C(=O)CCC2=O)cc1. The van der Waals surface area contributed by atoms with Gasteiger partial charge in [0.15, 0.2) is 0 Å². The number of carbonyl (C=O) groups is 3. The van der Waals surface area contributed by atoms with Crippen LogP contribution in [0.3, 0.4) is 0 Å². The van der Waals surface area contributed by atoms with Gasteiger partial charge in [0.1, 0.15) is 0 Å². The first-order valence-corrected chi connectivity index (χ1v) is 9.40. The summed E-state index contributed by atoms with van der Waals surface area (Å²) in [7, 11) is 0. The molecule has 0 atom stereocenters. The van der Waals surface area contributed by atoms with E-state index in [1.807, 2.05) is 41.2 Å². The van der Waals surface area contributed by atoms with Gasteiger partial charge < -0.3 is 5.32 Å². The molecule has 7 heteroatoms. The Bertz CT molecular complexity index is 1030. The van der Waals surface area contributed by atoms with Crippen LogP contribution < -0.4 is 10.2 Å². The van der Waals surface area contributed by atoms with Crippen molar-refractivity contribution >= 4 is 23.4 Å². The molecule has 1 aromatic heterocycles. The summed E-state index contributed by atoms with van der Waals surface area (Å²) in [4.78, 5) is 37.4. The Morgan fingerprint density at radius 1 is 0.931 bits per heavy atom. The minimum atomic E-state index is -0.218. The Kier molecular flexibility index (Phi) is 5.20. The van der Waals surface area contributed by atoms with Gasteiger partial charge in [-0.2, -0.15) is 5.10 Å². The van der Waals surface area contributed by atoms with Crippen LogP contribution in [-0.2, 0) is 22.7 Å². The number of aromatic nitrogens is 2. The average Bonchev–Trinajstić information content (AvgIpc) is 3.37. The Labute approximate surface area is 167 Å². The van der Waals surface area contributed by atoms with Crippen LogP contribution >= 0.6 is 0 Å². The fourth-order valence-corrected chi connectivity index (χ4v) is 3.36. The first-order valence-electron chi connectivity index (χ1n) is 9.40. The number of anilines is 1. The van der Waals surface area contributed by atoms with Crippen molar-refractivity contribution in [2.24, 2.45) is 0 Å². The summed E-state index contributed by atoms with van der Waals surface area (Å²) >= 11 is 0. The number of hydrogen-bond donors (Lipinski definition) is 1. The van der Waals surface area contributed by atoms with E-state index in [1.54, 1.807) is 30.5 Å². The molecule has 1 N–H and O–H groups in total. The van der Waals surface area contributed by atoms with Crippen LogP contribution in [0.5, 0.6) is 0 Å². The van der Waals surface area contributed by atoms with E-state index in [9.17, 15) is 14.4 Å². The van der Waals surface area contributed by atoms with Crippen LogP contribution in [0, 0.1) is 0 Å². The number of amides is 3. The van der Waals surface area contributed by atoms with Gasteiger partial charge in [-0.25, -0.2) is 0 Å². The highest BCUT2D eigenvalue weighted by atomic mass is 16.2. The summed E-state index contributed by atoms with van der Waals surface area (Å²) in [6.45, 7) is 1.02. The molecule has 1 saturated heterocycles. The summed E-state index contributed by atoms with van der Waals surface area (Å²) < 4.78 is 1.83. The minimum absolute atomic E-state index is 0.207. The van der Waals surface area contributed by atoms with Gasteiger partial charge in [-0.15, -0.1) is 0 Å². The summed E-state index contributed by atoms with van der Waals surface area (Å²) in [6, 6.07) is 16.3. The van der Waals surface area contributed by atoms with Crippen molar-refractivity contribution in [3.63, 3.8) is 0 Å². The maximum atomic E-state index is 12.5. The highest BCUT2D eigenvalue weighted by molar-refractivity contribution is 6.19. The van der Waals surface area contributed by atoms with E-state index in [1.165, 1.54) is 4.90 Å². The predicted molar refractivity (Wildman–Crippen MR) is 107 cm³/mol. The van der Waals surface area contributed by atoms with E-state index < -0.39 is 0 Å². The number of nitrogens with one attached hydrogen (secondary N) is 1. The quantitative estimate of drug-likeness (QED) is 0.658. The lowest BCUT2D eigenvalue weighted by atomic mass is 10.1. The fraction of sp³-hybridized carbons (Fsp3) is 0.182. The summed E-state index contributed by atoms with van der Waals surface area (Å²) in [5.74, 6) is -0.633. The van der Waals surface area contributed by atoms with Crippen LogP contribution in [0.2, 0.25) is 0 Å². The van der Waals surface area contributed by atoms with E-state index in [0.717, 1.165) is 11.1 Å². The molecular weight excluding hydrogens is 368 g/mol. The normalized spacial score (nSPS) is 13.7. The van der Waals surface area contributed by atoms with E-state index in [-0.39, 0.29) is 30.6 Å². The van der Waals surface area contributed by atoms with E-state index in [0.29, 0.717) is 24.3 Å². The van der Waals surface area contributed by atoms with Crippen molar-refractivity contribution in [1.29, 1.82) is 0 Å². The zero-order chi connectivity index (χ0) is 20.2. The molecule has 0 aliphatic carbocycles. The molecule has 2 aromatic carbocycles. The second-order valence-corrected chi connectivity index (χ2v) is 6.82. The molecule has 0 saturated carbocycles. The Morgan fingerprint density at radius 2 is 1.62 bits per heavy atom. The molecule has 3 aromatic rings. The molecule has 4 rings (SSSR count). The number of imide groups is 1. The molecule has 7 nitrogen and oxygen atoms in total. The molecule has 1 aliphatic heterocycles. The highest BCUT2D eigenvalue weighted by Crippen LogP contribution is 2.22. The first-order chi connectivity index (χ1) is 14.1. The second-order valence-electron chi connectivity index (χ2n) is 6.82. The van der Waals surface area contributed by atoms with Gasteiger partial charge in [-0.3, -0.25) is 24.0 Å². The Balaban J connectivity index is 1.41. The molecule has 29 heavy (non-hydrogen) atoms. The van der Waals surface area contributed by atoms with Crippen LogP contribution in [0.15, 0.2) is 67.0 Å². The van der Waals surface area contributed by atoms with Gasteiger partial charge in [-0.1, -0.05) is 24.3 Å². The third kappa shape index (κ3) is 4.08. The van der Waals surface area contributed by atoms with E-state index in [2.05, 4.69) is 10.4 Å². The summed E-state index contributed by atoms with van der Waals surface area (Å²) in [5, 5.41) is 7.15. The second kappa shape index (κ2) is 8.10. The Hall–Kier alpha value is -3.74. The maximum absolute atomic E-state index is 12.5. The third-order valence-electron chi connectivity index (χ3n) is 4.89. The molecule has 0 spiro atoms. The lowest BCUT2D eigenvalue weighted by Crippen LogP contribution is -2.28. The monoisotopic (exact) mass is 388 g/mol. The van der Waals surface area contributed by atoms with Gasteiger partial charge in [0.25, 0.3) is 5.91 Å². The van der Waals surface area contributed by atoms with Crippen LogP contribution in [0.25, 0.3) is 0 Å². The van der Waals surface area contributed by atoms with Crippen molar-refractivity contribution in [1.82, 2.24) is 15.1 Å². The van der Waals surface area contributed by atoms with Crippen molar-refractivity contribution in [2.45, 2.75) is 25.9 Å². The molecule has 0 unspecified atom stereocenters. The van der Waals surface area contributed by atoms with Crippen molar-refractivity contribution in [2.75, 3.05) is 4.90 Å². The molecule has 2 heterocycles. The van der Waals surface area contributed by atoms with E-state index >= 15 is 0 Å². The van der Waals surface area contributed by atoms with Crippen LogP contribution in [0.1, 0.15) is 34.3 Å². The third-order valence-corrected chi connectivity index (χ3v) is 4.89. The van der Waals surface area contributed by atoms with Crippen molar-refractivity contribution in [3.8, 4) is 0 Å². The van der Waals surface area contributed by atoms with Gasteiger partial charge in [0.2, 0.25) is 11.8 Å². The smallest absolute Gasteiger partial charge is 0.251 e. The zero-order valence-corrected chi connectivity index (χ0v) is 15.7. The lowest BCUT2D eigenvalue weighted by molar-refractivity contribution is -0.121. The number of rotatable bonds is 6. The van der Waals surface area contributed by atoms with Crippen LogP contribution in [-0.4, -0.2) is 27.5 Å². The zero-order valence-electron chi connectivity index (χ0n) is 15.7. The first kappa shape index (κ1) is 18.6. The molecular formula is C22H20N4O3. The standard InChI is InChI=1S/C22H20N4O3/c27-20-10-11-21(28)26(20)19-8-6-16(7-9-19)22(29)23-14-17-4-1-2-5-18(17)15-25-13-3-12-24-25/h1-9,12-13H,10-11,14-15H2,(H,23,29). The van der Waals surface area contributed by atoms with Gasteiger partial charge in [-0.05, 0) is 41.5 Å². The topological polar surface area (TPSA) is 84.3 Å². The molecule has 1 fully saturated rings. The molecule has 146 valence electrons. The lowest BCUT2D eigenvalue weighted by Gasteiger charge is -2.14. The van der Waals surface area contributed by atoms with Gasteiger partial charge in [0.05, 0.1) is 12.2 Å². The molecule has 0 bridgehead atoms. The van der Waals surface area contributed by atoms with E-state index in [4.69, 9.17) is 0 Å².